The van der Waals surface area contributed by atoms with Crippen LogP contribution in [-0.4, -0.2) is 12.4 Å². The number of benzene rings is 3. The second kappa shape index (κ2) is 10.4. The lowest BCUT2D eigenvalue weighted by Gasteiger charge is -2.21. The lowest BCUT2D eigenvalue weighted by atomic mass is 9.95. The van der Waals surface area contributed by atoms with Crippen LogP contribution in [0.25, 0.3) is 0 Å². The van der Waals surface area contributed by atoms with Gasteiger partial charge < -0.3 is 10.1 Å². The number of hydrogen-bond donors (Lipinski definition) is 1. The topological polar surface area (TPSA) is 38.3 Å². The van der Waals surface area contributed by atoms with Gasteiger partial charge in [-0.3, -0.25) is 4.79 Å². The monoisotopic (exact) mass is 465 g/mol. The fourth-order valence-corrected chi connectivity index (χ4v) is 3.58. The molecule has 0 amide bonds. The number of anilines is 1. The number of carbonyl (C=O) groups excluding carboxylic acids is 1. The number of hydrogen-bond acceptors (Lipinski definition) is 3. The van der Waals surface area contributed by atoms with E-state index in [1.807, 2.05) is 55.5 Å². The molecule has 4 heteroatoms. The van der Waals surface area contributed by atoms with E-state index < -0.39 is 0 Å². The Morgan fingerprint density at radius 1 is 0.900 bits per heavy atom. The molecule has 3 nitrogen and oxygen atoms in total. The van der Waals surface area contributed by atoms with Gasteiger partial charge in [0.15, 0.2) is 5.78 Å². The fraction of sp³-hybridized carbons (Fsp3) is 0.269. The van der Waals surface area contributed by atoms with Gasteiger partial charge in [0, 0.05) is 22.1 Å². The van der Waals surface area contributed by atoms with E-state index in [0.717, 1.165) is 27.0 Å². The van der Waals surface area contributed by atoms with E-state index in [1.165, 1.54) is 5.56 Å². The summed E-state index contributed by atoms with van der Waals surface area (Å²) in [6.45, 7) is 6.97. The third-order valence-electron chi connectivity index (χ3n) is 5.07. The van der Waals surface area contributed by atoms with Crippen molar-refractivity contribution in [2.75, 3.05) is 11.9 Å². The number of rotatable bonds is 9. The molecule has 0 spiro atoms. The third kappa shape index (κ3) is 5.96. The number of nitrogens with one attached hydrogen (secondary N) is 1. The van der Waals surface area contributed by atoms with Crippen molar-refractivity contribution in [3.8, 4) is 5.75 Å². The van der Waals surface area contributed by atoms with E-state index in [2.05, 4.69) is 59.4 Å². The normalized spacial score (nSPS) is 11.9. The van der Waals surface area contributed by atoms with Crippen LogP contribution in [0.5, 0.6) is 5.75 Å². The highest BCUT2D eigenvalue weighted by atomic mass is 79.9. The summed E-state index contributed by atoms with van der Waals surface area (Å²) in [6, 6.07) is 23.8. The minimum absolute atomic E-state index is 0.110. The van der Waals surface area contributed by atoms with Crippen LogP contribution in [0.3, 0.4) is 0 Å². The first-order valence-corrected chi connectivity index (χ1v) is 11.1. The van der Waals surface area contributed by atoms with Crippen molar-refractivity contribution in [1.82, 2.24) is 0 Å². The summed E-state index contributed by atoms with van der Waals surface area (Å²) in [5.41, 5.74) is 4.06. The second-order valence-electron chi connectivity index (χ2n) is 7.61. The molecule has 0 aliphatic rings. The van der Waals surface area contributed by atoms with Crippen molar-refractivity contribution in [3.63, 3.8) is 0 Å². The van der Waals surface area contributed by atoms with Crippen molar-refractivity contribution in [2.45, 2.75) is 39.2 Å². The lowest BCUT2D eigenvalue weighted by Crippen LogP contribution is -2.16. The molecule has 1 unspecified atom stereocenters. The van der Waals surface area contributed by atoms with E-state index in [-0.39, 0.29) is 11.8 Å². The predicted molar refractivity (Wildman–Crippen MR) is 128 cm³/mol. The molecule has 0 fully saturated rings. The van der Waals surface area contributed by atoms with E-state index in [4.69, 9.17) is 4.74 Å². The highest BCUT2D eigenvalue weighted by molar-refractivity contribution is 9.10. The van der Waals surface area contributed by atoms with Crippen LogP contribution in [-0.2, 0) is 0 Å². The maximum Gasteiger partial charge on any atom is 0.165 e. The van der Waals surface area contributed by atoms with Gasteiger partial charge in [-0.2, -0.15) is 0 Å². The second-order valence-corrected chi connectivity index (χ2v) is 8.53. The molecule has 0 aliphatic heterocycles. The first-order chi connectivity index (χ1) is 14.5. The molecule has 0 saturated carbocycles. The van der Waals surface area contributed by atoms with Crippen molar-refractivity contribution < 1.29 is 9.53 Å². The molecule has 0 bridgehead atoms. The molecule has 1 atom stereocenters. The minimum atomic E-state index is -0.125. The number of ketones is 1. The molecule has 3 aromatic carbocycles. The number of carbonyl (C=O) groups is 1. The molecule has 0 heterocycles. The Bertz CT molecular complexity index is 948. The quantitative estimate of drug-likeness (QED) is 0.334. The largest absolute Gasteiger partial charge is 0.494 e. The minimum Gasteiger partial charge on any atom is -0.494 e. The summed E-state index contributed by atoms with van der Waals surface area (Å²) in [5.74, 6) is 1.42. The zero-order valence-electron chi connectivity index (χ0n) is 17.7. The summed E-state index contributed by atoms with van der Waals surface area (Å²) in [4.78, 5) is 13.0. The summed E-state index contributed by atoms with van der Waals surface area (Å²) >= 11 is 3.43. The van der Waals surface area contributed by atoms with Crippen LogP contribution in [0.2, 0.25) is 0 Å². The van der Waals surface area contributed by atoms with Gasteiger partial charge >= 0.3 is 0 Å². The van der Waals surface area contributed by atoms with Crippen LogP contribution in [0.1, 0.15) is 60.6 Å². The smallest absolute Gasteiger partial charge is 0.165 e. The SMILES string of the molecule is CCOc1ccc(NC(CC(=O)c2ccc(Br)cc2)c2ccc(C(C)C)cc2)cc1. The summed E-state index contributed by atoms with van der Waals surface area (Å²) < 4.78 is 6.50. The lowest BCUT2D eigenvalue weighted by molar-refractivity contribution is 0.0976. The Balaban J connectivity index is 1.83. The van der Waals surface area contributed by atoms with Gasteiger partial charge in [-0.15, -0.1) is 0 Å². The Kier molecular flexibility index (Phi) is 7.69. The molecule has 0 saturated heterocycles. The maximum atomic E-state index is 13.0. The predicted octanol–water partition coefficient (Wildman–Crippen LogP) is 7.40. The average Bonchev–Trinajstić information content (AvgIpc) is 2.75. The Morgan fingerprint density at radius 2 is 1.50 bits per heavy atom. The van der Waals surface area contributed by atoms with Gasteiger partial charge in [0.1, 0.15) is 5.75 Å². The zero-order valence-corrected chi connectivity index (χ0v) is 19.3. The molecular formula is C26H28BrNO2. The van der Waals surface area contributed by atoms with Crippen molar-refractivity contribution in [2.24, 2.45) is 0 Å². The van der Waals surface area contributed by atoms with Gasteiger partial charge in [-0.25, -0.2) is 0 Å². The molecule has 3 aromatic rings. The molecule has 3 rings (SSSR count). The summed E-state index contributed by atoms with van der Waals surface area (Å²) in [5, 5.41) is 3.54. The maximum absolute atomic E-state index is 13.0. The van der Waals surface area contributed by atoms with Gasteiger partial charge in [0.05, 0.1) is 12.6 Å². The van der Waals surface area contributed by atoms with Crippen molar-refractivity contribution >= 4 is 27.4 Å². The molecule has 0 aliphatic carbocycles. The van der Waals surface area contributed by atoms with Gasteiger partial charge in [-0.05, 0) is 60.4 Å². The molecule has 1 N–H and O–H groups in total. The van der Waals surface area contributed by atoms with Crippen LogP contribution in [0.4, 0.5) is 5.69 Å². The molecule has 156 valence electrons. The highest BCUT2D eigenvalue weighted by Crippen LogP contribution is 2.27. The number of Topliss-reactive ketones (excluding diaryl/α,β-unsaturated/α-hetero) is 1. The van der Waals surface area contributed by atoms with Crippen LogP contribution in [0, 0.1) is 0 Å². The Morgan fingerprint density at radius 3 is 2.07 bits per heavy atom. The summed E-state index contributed by atoms with van der Waals surface area (Å²) in [6.07, 6.45) is 0.371. The van der Waals surface area contributed by atoms with Crippen LogP contribution in [0.15, 0.2) is 77.3 Å². The first-order valence-electron chi connectivity index (χ1n) is 10.3. The zero-order chi connectivity index (χ0) is 21.5. The average molecular weight is 466 g/mol. The van der Waals surface area contributed by atoms with Gasteiger partial charge in [-0.1, -0.05) is 66.2 Å². The fourth-order valence-electron chi connectivity index (χ4n) is 3.32. The highest BCUT2D eigenvalue weighted by Gasteiger charge is 2.18. The molecule has 30 heavy (non-hydrogen) atoms. The van der Waals surface area contributed by atoms with Crippen LogP contribution < -0.4 is 10.1 Å². The van der Waals surface area contributed by atoms with Crippen molar-refractivity contribution in [1.29, 1.82) is 0 Å². The summed E-state index contributed by atoms with van der Waals surface area (Å²) in [7, 11) is 0. The third-order valence-corrected chi connectivity index (χ3v) is 5.60. The van der Waals surface area contributed by atoms with E-state index >= 15 is 0 Å². The molecular weight excluding hydrogens is 438 g/mol. The first kappa shape index (κ1) is 22.1. The van der Waals surface area contributed by atoms with Crippen LogP contribution >= 0.6 is 15.9 Å². The van der Waals surface area contributed by atoms with E-state index in [1.54, 1.807) is 0 Å². The number of ether oxygens (including phenoxy) is 1. The molecule has 0 radical (unpaired) electrons. The Hall–Kier alpha value is -2.59. The van der Waals surface area contributed by atoms with E-state index in [9.17, 15) is 4.79 Å². The van der Waals surface area contributed by atoms with Gasteiger partial charge in [0.2, 0.25) is 0 Å². The standard InChI is InChI=1S/C26H28BrNO2/c1-4-30-24-15-13-23(14-16-24)28-25(20-7-5-19(6-8-20)18(2)3)17-26(29)21-9-11-22(27)12-10-21/h5-16,18,25,28H,4,17H2,1-3H3. The number of halogens is 1. The van der Waals surface area contributed by atoms with Crippen molar-refractivity contribution in [3.05, 3.63) is 94.0 Å². The Labute approximate surface area is 187 Å². The molecule has 0 aromatic heterocycles. The van der Waals surface area contributed by atoms with E-state index in [0.29, 0.717) is 18.9 Å². The van der Waals surface area contributed by atoms with Gasteiger partial charge in [0.25, 0.3) is 0 Å².